The van der Waals surface area contributed by atoms with Gasteiger partial charge in [0.2, 0.25) is 0 Å². The van der Waals surface area contributed by atoms with E-state index in [1.54, 1.807) is 13.3 Å². The van der Waals surface area contributed by atoms with Gasteiger partial charge >= 0.3 is 0 Å². The molecule has 160 valence electrons. The van der Waals surface area contributed by atoms with Crippen molar-refractivity contribution in [3.05, 3.63) is 36.0 Å². The summed E-state index contributed by atoms with van der Waals surface area (Å²) in [5, 5.41) is 0. The normalized spacial score (nSPS) is 20.3. The topological polar surface area (TPSA) is 58.6 Å². The average Bonchev–Trinajstić information content (AvgIpc) is 2.79. The molecule has 0 radical (unpaired) electrons. The number of nitrogens with zero attached hydrogens (tertiary/aromatic N) is 4. The molecule has 4 rings (SSSR count). The van der Waals surface area contributed by atoms with Crippen LogP contribution in [-0.4, -0.2) is 53.6 Å². The third-order valence-corrected chi connectivity index (χ3v) is 6.49. The molecule has 0 spiro atoms. The van der Waals surface area contributed by atoms with E-state index in [1.807, 2.05) is 29.2 Å². The maximum atomic E-state index is 13.4. The van der Waals surface area contributed by atoms with Crippen LogP contribution in [-0.2, 0) is 0 Å². The Morgan fingerprint density at radius 1 is 1.03 bits per heavy atom. The maximum absolute atomic E-state index is 13.4. The van der Waals surface area contributed by atoms with E-state index in [1.165, 1.54) is 6.42 Å². The Bertz CT molecular complexity index is 875. The summed E-state index contributed by atoms with van der Waals surface area (Å²) in [4.78, 5) is 27.2. The van der Waals surface area contributed by atoms with Crippen molar-refractivity contribution in [1.82, 2.24) is 14.9 Å². The van der Waals surface area contributed by atoms with Gasteiger partial charge in [-0.15, -0.1) is 0 Å². The quantitative estimate of drug-likeness (QED) is 0.750. The summed E-state index contributed by atoms with van der Waals surface area (Å²) in [7, 11) is 1.66. The number of hydrogen-bond acceptors (Lipinski definition) is 5. The molecule has 2 aliphatic rings. The summed E-state index contributed by atoms with van der Waals surface area (Å²) < 4.78 is 5.26. The van der Waals surface area contributed by atoms with Crippen LogP contribution in [0.15, 0.2) is 30.5 Å². The predicted octanol–water partition coefficient (Wildman–Crippen LogP) is 4.40. The van der Waals surface area contributed by atoms with E-state index >= 15 is 0 Å². The molecule has 0 saturated carbocycles. The van der Waals surface area contributed by atoms with E-state index in [9.17, 15) is 4.79 Å². The number of hydrogen-bond donors (Lipinski definition) is 0. The van der Waals surface area contributed by atoms with Crippen molar-refractivity contribution in [1.29, 1.82) is 0 Å². The van der Waals surface area contributed by atoms with Crippen LogP contribution in [0.4, 0.5) is 5.82 Å². The molecule has 2 saturated heterocycles. The average molecular weight is 409 g/mol. The largest absolute Gasteiger partial charge is 0.497 e. The Morgan fingerprint density at radius 3 is 2.43 bits per heavy atom. The Labute approximate surface area is 179 Å². The van der Waals surface area contributed by atoms with Gasteiger partial charge in [-0.05, 0) is 69.2 Å². The van der Waals surface area contributed by atoms with Crippen LogP contribution in [0, 0.1) is 5.92 Å². The van der Waals surface area contributed by atoms with Gasteiger partial charge in [0.1, 0.15) is 17.1 Å². The second kappa shape index (κ2) is 9.02. The van der Waals surface area contributed by atoms with Gasteiger partial charge < -0.3 is 14.5 Å². The first-order valence-corrected chi connectivity index (χ1v) is 11.1. The zero-order chi connectivity index (χ0) is 21.1. The zero-order valence-corrected chi connectivity index (χ0v) is 18.3. The lowest BCUT2D eigenvalue weighted by molar-refractivity contribution is 0.0697. The van der Waals surface area contributed by atoms with Crippen LogP contribution in [0.5, 0.6) is 5.75 Å². The molecule has 2 aromatic rings. The number of anilines is 1. The number of methoxy groups -OCH3 is 1. The molecule has 6 heteroatoms. The third kappa shape index (κ3) is 4.27. The number of ether oxygens (including phenoxy) is 1. The molecule has 0 N–H and O–H groups in total. The molecular weight excluding hydrogens is 376 g/mol. The molecule has 3 heterocycles. The minimum Gasteiger partial charge on any atom is -0.497 e. The van der Waals surface area contributed by atoms with E-state index in [2.05, 4.69) is 23.7 Å². The number of aromatic nitrogens is 2. The van der Waals surface area contributed by atoms with E-state index in [0.29, 0.717) is 23.3 Å². The Balaban J connectivity index is 1.70. The zero-order valence-electron chi connectivity index (χ0n) is 18.3. The molecule has 1 amide bonds. The van der Waals surface area contributed by atoms with Crippen molar-refractivity contribution in [3.8, 4) is 17.1 Å². The fourth-order valence-electron chi connectivity index (χ4n) is 4.42. The molecule has 2 aliphatic heterocycles. The standard InChI is InChI=1S/C24H32N4O2/c1-17-11-14-27(15-12-17)24(29)21-16-25-22(19-7-9-20(30-3)10-8-19)26-23(21)28-13-5-4-6-18(28)2/h7-10,16-18H,4-6,11-15H2,1-3H3/t18-/m0/s1. The van der Waals surface area contributed by atoms with Crippen LogP contribution < -0.4 is 9.64 Å². The molecule has 1 aromatic heterocycles. The lowest BCUT2D eigenvalue weighted by Crippen LogP contribution is -2.42. The SMILES string of the molecule is COc1ccc(-c2ncc(C(=O)N3CCC(C)CC3)c(N3CCCC[C@@H]3C)n2)cc1. The number of carbonyl (C=O) groups is 1. The van der Waals surface area contributed by atoms with Crippen LogP contribution in [0.1, 0.15) is 56.3 Å². The first kappa shape index (κ1) is 20.6. The fraction of sp³-hybridized carbons (Fsp3) is 0.542. The molecule has 0 aliphatic carbocycles. The molecule has 2 fully saturated rings. The monoisotopic (exact) mass is 408 g/mol. The van der Waals surface area contributed by atoms with Crippen molar-refractivity contribution >= 4 is 11.7 Å². The third-order valence-electron chi connectivity index (χ3n) is 6.49. The van der Waals surface area contributed by atoms with Gasteiger partial charge in [0, 0.05) is 37.4 Å². The fourth-order valence-corrected chi connectivity index (χ4v) is 4.42. The molecular formula is C24H32N4O2. The lowest BCUT2D eigenvalue weighted by atomic mass is 9.98. The summed E-state index contributed by atoms with van der Waals surface area (Å²) in [5.41, 5.74) is 1.56. The van der Waals surface area contributed by atoms with Crippen LogP contribution >= 0.6 is 0 Å². The minimum absolute atomic E-state index is 0.0657. The van der Waals surface area contributed by atoms with E-state index in [-0.39, 0.29) is 5.91 Å². The number of piperidine rings is 2. The summed E-state index contributed by atoms with van der Waals surface area (Å²) in [6.07, 6.45) is 7.33. The number of rotatable bonds is 4. The number of carbonyl (C=O) groups excluding carboxylic acids is 1. The van der Waals surface area contributed by atoms with E-state index in [4.69, 9.17) is 9.72 Å². The highest BCUT2D eigenvalue weighted by molar-refractivity contribution is 5.99. The van der Waals surface area contributed by atoms with Gasteiger partial charge in [-0.2, -0.15) is 0 Å². The lowest BCUT2D eigenvalue weighted by Gasteiger charge is -2.36. The van der Waals surface area contributed by atoms with Crippen molar-refractivity contribution in [3.63, 3.8) is 0 Å². The summed E-state index contributed by atoms with van der Waals surface area (Å²) in [6.45, 7) is 7.04. The van der Waals surface area contributed by atoms with Crippen molar-refractivity contribution in [2.75, 3.05) is 31.6 Å². The Hall–Kier alpha value is -2.63. The molecule has 0 unspecified atom stereocenters. The highest BCUT2D eigenvalue weighted by atomic mass is 16.5. The summed E-state index contributed by atoms with van der Waals surface area (Å²) in [5.74, 6) is 2.98. The first-order valence-electron chi connectivity index (χ1n) is 11.1. The van der Waals surface area contributed by atoms with E-state index < -0.39 is 0 Å². The van der Waals surface area contributed by atoms with Gasteiger partial charge in [0.05, 0.1) is 7.11 Å². The molecule has 30 heavy (non-hydrogen) atoms. The first-order chi connectivity index (χ1) is 14.6. The van der Waals surface area contributed by atoms with Gasteiger partial charge in [-0.1, -0.05) is 6.92 Å². The van der Waals surface area contributed by atoms with Gasteiger partial charge in [-0.3, -0.25) is 4.79 Å². The highest BCUT2D eigenvalue weighted by Crippen LogP contribution is 2.30. The predicted molar refractivity (Wildman–Crippen MR) is 119 cm³/mol. The van der Waals surface area contributed by atoms with Crippen LogP contribution in [0.3, 0.4) is 0 Å². The maximum Gasteiger partial charge on any atom is 0.259 e. The molecule has 1 aromatic carbocycles. The summed E-state index contributed by atoms with van der Waals surface area (Å²) >= 11 is 0. The van der Waals surface area contributed by atoms with E-state index in [0.717, 1.165) is 62.4 Å². The van der Waals surface area contributed by atoms with Gasteiger partial charge in [-0.25, -0.2) is 9.97 Å². The Kier molecular flexibility index (Phi) is 6.21. The van der Waals surface area contributed by atoms with Crippen molar-refractivity contribution < 1.29 is 9.53 Å². The highest BCUT2D eigenvalue weighted by Gasteiger charge is 2.29. The van der Waals surface area contributed by atoms with Crippen LogP contribution in [0.25, 0.3) is 11.4 Å². The van der Waals surface area contributed by atoms with Crippen LogP contribution in [0.2, 0.25) is 0 Å². The second-order valence-corrected chi connectivity index (χ2v) is 8.67. The number of benzene rings is 1. The number of likely N-dealkylation sites (tertiary alicyclic amines) is 1. The van der Waals surface area contributed by atoms with Gasteiger partial charge in [0.25, 0.3) is 5.91 Å². The molecule has 1 atom stereocenters. The summed E-state index contributed by atoms with van der Waals surface area (Å²) in [6, 6.07) is 8.12. The number of amides is 1. The smallest absolute Gasteiger partial charge is 0.259 e. The minimum atomic E-state index is 0.0657. The Morgan fingerprint density at radius 2 is 1.77 bits per heavy atom. The molecule has 6 nitrogen and oxygen atoms in total. The molecule has 0 bridgehead atoms. The van der Waals surface area contributed by atoms with Crippen molar-refractivity contribution in [2.24, 2.45) is 5.92 Å². The van der Waals surface area contributed by atoms with Crippen molar-refractivity contribution in [2.45, 2.75) is 52.0 Å². The van der Waals surface area contributed by atoms with Gasteiger partial charge in [0.15, 0.2) is 5.82 Å². The second-order valence-electron chi connectivity index (χ2n) is 8.67.